The van der Waals surface area contributed by atoms with Gasteiger partial charge in [-0.1, -0.05) is 66.2 Å². The fourth-order valence-corrected chi connectivity index (χ4v) is 8.71. The van der Waals surface area contributed by atoms with Crippen molar-refractivity contribution in [2.75, 3.05) is 6.61 Å². The lowest BCUT2D eigenvalue weighted by Crippen LogP contribution is -2.46. The van der Waals surface area contributed by atoms with Crippen molar-refractivity contribution in [3.05, 3.63) is 0 Å². The van der Waals surface area contributed by atoms with Crippen LogP contribution in [0, 0.1) is 17.3 Å². The first-order chi connectivity index (χ1) is 18.8. The molecule has 2 saturated carbocycles. The molecule has 2 N–H and O–H groups in total. The molecule has 1 heterocycles. The van der Waals surface area contributed by atoms with Crippen molar-refractivity contribution in [3.63, 3.8) is 0 Å². The van der Waals surface area contributed by atoms with Crippen LogP contribution in [0.1, 0.15) is 137 Å². The van der Waals surface area contributed by atoms with Crippen molar-refractivity contribution in [2.45, 2.75) is 180 Å². The van der Waals surface area contributed by atoms with Gasteiger partial charge in [-0.25, -0.2) is 0 Å². The third-order valence-corrected chi connectivity index (χ3v) is 15.5. The molecule has 7 heteroatoms. The fraction of sp³-hybridized carbons (Fsp3) is 0.970. The lowest BCUT2D eigenvalue weighted by atomic mass is 9.71. The van der Waals surface area contributed by atoms with E-state index in [1.54, 1.807) is 0 Å². The number of ether oxygens (including phenoxy) is 2. The minimum absolute atomic E-state index is 0.00925. The SMILES string of the molecule is CC(C)(C)[Si](C)(C)O[C@@H](CC[C@H]1C(OC2CCCCO2)C[C@H](O)[C@]1(C)CCCCCCC(=O)O)C1CCCCC1. The minimum atomic E-state index is -1.91. The van der Waals surface area contributed by atoms with E-state index in [0.717, 1.165) is 70.8 Å². The van der Waals surface area contributed by atoms with E-state index in [2.05, 4.69) is 40.8 Å². The van der Waals surface area contributed by atoms with Gasteiger partial charge < -0.3 is 24.1 Å². The van der Waals surface area contributed by atoms with E-state index in [4.69, 9.17) is 19.0 Å². The number of aliphatic hydroxyl groups is 1. The largest absolute Gasteiger partial charge is 0.481 e. The summed E-state index contributed by atoms with van der Waals surface area (Å²) in [5.74, 6) is 0.187. The van der Waals surface area contributed by atoms with Crippen LogP contribution in [0.5, 0.6) is 0 Å². The standard InChI is InChI=1S/C33H62O6Si/c1-32(2,3)40(5,6)39-27(25-16-10-9-11-17-25)21-20-26-28(38-31-19-13-15-23-37-31)24-29(34)33(26,4)22-14-8-7-12-18-30(35)36/h25-29,31,34H,7-24H2,1-6H3,(H,35,36)/t26-,27-,28?,29-,31?,33+/m0/s1. The van der Waals surface area contributed by atoms with Crippen LogP contribution in [0.3, 0.4) is 0 Å². The van der Waals surface area contributed by atoms with E-state index in [1.165, 1.54) is 32.1 Å². The number of hydrogen-bond donors (Lipinski definition) is 2. The van der Waals surface area contributed by atoms with Crippen LogP contribution in [0.4, 0.5) is 0 Å². The van der Waals surface area contributed by atoms with Crippen molar-refractivity contribution >= 4 is 14.3 Å². The molecule has 0 aromatic rings. The number of aliphatic hydroxyl groups excluding tert-OH is 1. The summed E-state index contributed by atoms with van der Waals surface area (Å²) in [5.41, 5.74) is -0.208. The van der Waals surface area contributed by atoms with Gasteiger partial charge in [-0.15, -0.1) is 0 Å². The maximum absolute atomic E-state index is 11.5. The number of carboxylic acid groups (broad SMARTS) is 1. The molecular weight excluding hydrogens is 520 g/mol. The molecule has 0 spiro atoms. The van der Waals surface area contributed by atoms with E-state index in [1.807, 2.05) is 0 Å². The van der Waals surface area contributed by atoms with Gasteiger partial charge in [-0.3, -0.25) is 4.79 Å². The maximum atomic E-state index is 11.5. The number of carboxylic acids is 1. The third kappa shape index (κ3) is 9.52. The fourth-order valence-electron chi connectivity index (χ4n) is 7.29. The Bertz CT molecular complexity index is 755. The van der Waals surface area contributed by atoms with Crippen molar-refractivity contribution in [3.8, 4) is 0 Å². The molecule has 0 radical (unpaired) electrons. The Morgan fingerprint density at radius 1 is 1.02 bits per heavy atom. The van der Waals surface area contributed by atoms with Gasteiger partial charge in [0.25, 0.3) is 0 Å². The highest BCUT2D eigenvalue weighted by Crippen LogP contribution is 2.52. The minimum Gasteiger partial charge on any atom is -0.481 e. The molecule has 2 aliphatic carbocycles. The van der Waals surface area contributed by atoms with E-state index in [-0.39, 0.29) is 47.4 Å². The first-order valence-corrected chi connectivity index (χ1v) is 19.6. The van der Waals surface area contributed by atoms with E-state index < -0.39 is 14.3 Å². The summed E-state index contributed by atoms with van der Waals surface area (Å²) in [5, 5.41) is 20.6. The lowest BCUT2D eigenvalue weighted by Gasteiger charge is -2.43. The molecule has 3 rings (SSSR count). The molecule has 40 heavy (non-hydrogen) atoms. The summed E-state index contributed by atoms with van der Waals surface area (Å²) in [4.78, 5) is 10.9. The Labute approximate surface area is 246 Å². The van der Waals surface area contributed by atoms with Crippen molar-refractivity contribution < 1.29 is 28.9 Å². The highest BCUT2D eigenvalue weighted by Gasteiger charge is 2.52. The number of hydrogen-bond acceptors (Lipinski definition) is 5. The summed E-state index contributed by atoms with van der Waals surface area (Å²) in [6.07, 6.45) is 17.1. The van der Waals surface area contributed by atoms with Crippen LogP contribution in [-0.2, 0) is 18.7 Å². The second-order valence-corrected chi connectivity index (χ2v) is 19.8. The van der Waals surface area contributed by atoms with Crippen LogP contribution < -0.4 is 0 Å². The Kier molecular flexibility index (Phi) is 13.0. The van der Waals surface area contributed by atoms with Crippen LogP contribution in [0.2, 0.25) is 18.1 Å². The number of carbonyl (C=O) groups is 1. The van der Waals surface area contributed by atoms with Gasteiger partial charge in [0, 0.05) is 25.6 Å². The summed E-state index contributed by atoms with van der Waals surface area (Å²) in [6.45, 7) is 14.9. The normalized spacial score (nSPS) is 31.4. The van der Waals surface area contributed by atoms with Crippen LogP contribution in [0.25, 0.3) is 0 Å². The zero-order valence-corrected chi connectivity index (χ0v) is 27.7. The smallest absolute Gasteiger partial charge is 0.303 e. The first kappa shape index (κ1) is 34.0. The zero-order valence-electron chi connectivity index (χ0n) is 26.7. The summed E-state index contributed by atoms with van der Waals surface area (Å²) in [6, 6.07) is 0. The summed E-state index contributed by atoms with van der Waals surface area (Å²) in [7, 11) is -1.91. The molecule has 0 aromatic carbocycles. The molecule has 0 bridgehead atoms. The zero-order chi connectivity index (χ0) is 29.4. The van der Waals surface area contributed by atoms with Gasteiger partial charge in [-0.05, 0) is 93.2 Å². The van der Waals surface area contributed by atoms with E-state index >= 15 is 0 Å². The quantitative estimate of drug-likeness (QED) is 0.149. The highest BCUT2D eigenvalue weighted by atomic mass is 28.4. The molecule has 1 aliphatic heterocycles. The van der Waals surface area contributed by atoms with Gasteiger partial charge in [0.15, 0.2) is 14.6 Å². The highest BCUT2D eigenvalue weighted by molar-refractivity contribution is 6.74. The van der Waals surface area contributed by atoms with Gasteiger partial charge in [-0.2, -0.15) is 0 Å². The van der Waals surface area contributed by atoms with Crippen molar-refractivity contribution in [1.29, 1.82) is 0 Å². The van der Waals surface area contributed by atoms with Crippen molar-refractivity contribution in [2.24, 2.45) is 17.3 Å². The molecule has 3 fully saturated rings. The Morgan fingerprint density at radius 3 is 2.33 bits per heavy atom. The molecule has 1 saturated heterocycles. The predicted octanol–water partition coefficient (Wildman–Crippen LogP) is 8.46. The van der Waals surface area contributed by atoms with E-state index in [0.29, 0.717) is 12.3 Å². The Balaban J connectivity index is 1.73. The van der Waals surface area contributed by atoms with Gasteiger partial charge >= 0.3 is 5.97 Å². The van der Waals surface area contributed by atoms with Crippen LogP contribution in [-0.4, -0.2) is 55.7 Å². The second kappa shape index (κ2) is 15.3. The monoisotopic (exact) mass is 582 g/mol. The topological polar surface area (TPSA) is 85.2 Å². The van der Waals surface area contributed by atoms with Gasteiger partial charge in [0.1, 0.15) is 0 Å². The molecule has 0 amide bonds. The van der Waals surface area contributed by atoms with Crippen molar-refractivity contribution in [1.82, 2.24) is 0 Å². The Hall–Kier alpha value is -0.473. The molecule has 6 atom stereocenters. The predicted molar refractivity (Wildman–Crippen MR) is 164 cm³/mol. The van der Waals surface area contributed by atoms with Crippen LogP contribution in [0.15, 0.2) is 0 Å². The third-order valence-electron chi connectivity index (χ3n) is 11.0. The summed E-state index contributed by atoms with van der Waals surface area (Å²) >= 11 is 0. The molecule has 3 aliphatic rings. The molecule has 0 aromatic heterocycles. The molecule has 6 nitrogen and oxygen atoms in total. The van der Waals surface area contributed by atoms with E-state index in [9.17, 15) is 9.90 Å². The van der Waals surface area contributed by atoms with Gasteiger partial charge in [0.2, 0.25) is 0 Å². The number of aliphatic carboxylic acids is 1. The average Bonchev–Trinajstić information content (AvgIpc) is 3.12. The lowest BCUT2D eigenvalue weighted by molar-refractivity contribution is -0.198. The Morgan fingerprint density at radius 2 is 1.70 bits per heavy atom. The average molecular weight is 583 g/mol. The number of unbranched alkanes of at least 4 members (excludes halogenated alkanes) is 3. The summed E-state index contributed by atoms with van der Waals surface area (Å²) < 4.78 is 19.8. The molecule has 2 unspecified atom stereocenters. The maximum Gasteiger partial charge on any atom is 0.303 e. The first-order valence-electron chi connectivity index (χ1n) is 16.7. The second-order valence-electron chi connectivity index (χ2n) is 15.0. The molecular formula is C33H62O6Si. The van der Waals surface area contributed by atoms with Gasteiger partial charge in [0.05, 0.1) is 12.2 Å². The number of rotatable bonds is 15. The van der Waals surface area contributed by atoms with Crippen LogP contribution >= 0.6 is 0 Å². The molecule has 234 valence electrons.